The van der Waals surface area contributed by atoms with Crippen LogP contribution in [-0.2, 0) is 19.0 Å². The molecule has 3 heteroatoms. The highest BCUT2D eigenvalue weighted by Gasteiger charge is 2.21. The minimum absolute atomic E-state index is 0.0406. The molecule has 2 aromatic rings. The van der Waals surface area contributed by atoms with Gasteiger partial charge in [0.1, 0.15) is 0 Å². The number of nitrogens with one attached hydrogen (secondary N) is 1. The second kappa shape index (κ2) is 5.42. The monoisotopic (exact) mass is 267 g/mol. The van der Waals surface area contributed by atoms with Crippen LogP contribution in [0, 0.1) is 12.3 Å². The van der Waals surface area contributed by atoms with Gasteiger partial charge in [-0.2, -0.15) is 5.10 Å². The molecule has 2 rings (SSSR count). The Balaban J connectivity index is 2.17. The second-order valence-electron chi connectivity index (χ2n) is 6.01. The van der Waals surface area contributed by atoms with Crippen molar-refractivity contribution in [2.24, 2.45) is 7.05 Å². The summed E-state index contributed by atoms with van der Waals surface area (Å²) in [7, 11) is 1.96. The van der Waals surface area contributed by atoms with Crippen LogP contribution in [0.15, 0.2) is 30.5 Å². The standard InChI is InChI=1S/C17H21N3/c1-6-13-8-7-9-15(10-13)18-11-14-12-20(5)19-16(14)17(2,3)4/h1,7-10,12,18H,11H2,2-5H3. The highest BCUT2D eigenvalue weighted by Crippen LogP contribution is 2.24. The van der Waals surface area contributed by atoms with E-state index >= 15 is 0 Å². The van der Waals surface area contributed by atoms with E-state index < -0.39 is 0 Å². The van der Waals surface area contributed by atoms with Gasteiger partial charge in [0.15, 0.2) is 0 Å². The minimum Gasteiger partial charge on any atom is -0.381 e. The van der Waals surface area contributed by atoms with E-state index in [0.29, 0.717) is 0 Å². The molecule has 0 radical (unpaired) electrons. The number of nitrogens with zero attached hydrogens (tertiary/aromatic N) is 2. The smallest absolute Gasteiger partial charge is 0.0727 e. The van der Waals surface area contributed by atoms with Crippen molar-refractivity contribution in [3.8, 4) is 12.3 Å². The fourth-order valence-electron chi connectivity index (χ4n) is 2.21. The van der Waals surface area contributed by atoms with Crippen LogP contribution < -0.4 is 5.32 Å². The van der Waals surface area contributed by atoms with Crippen LogP contribution >= 0.6 is 0 Å². The van der Waals surface area contributed by atoms with Gasteiger partial charge in [0.05, 0.1) is 5.69 Å². The first kappa shape index (κ1) is 14.2. The van der Waals surface area contributed by atoms with Crippen LogP contribution in [0.4, 0.5) is 5.69 Å². The molecular formula is C17H21N3. The van der Waals surface area contributed by atoms with Crippen molar-refractivity contribution >= 4 is 5.69 Å². The average molecular weight is 267 g/mol. The summed E-state index contributed by atoms with van der Waals surface area (Å²) in [6.45, 7) is 7.28. The van der Waals surface area contributed by atoms with Gasteiger partial charge in [0, 0.05) is 42.0 Å². The molecule has 1 aromatic carbocycles. The van der Waals surface area contributed by atoms with Gasteiger partial charge >= 0.3 is 0 Å². The Hall–Kier alpha value is -2.21. The molecule has 0 aliphatic rings. The summed E-state index contributed by atoms with van der Waals surface area (Å²) in [5.41, 5.74) is 4.30. The summed E-state index contributed by atoms with van der Waals surface area (Å²) in [5.74, 6) is 2.65. The maximum atomic E-state index is 5.42. The summed E-state index contributed by atoms with van der Waals surface area (Å²) in [4.78, 5) is 0. The maximum absolute atomic E-state index is 5.42. The predicted molar refractivity (Wildman–Crippen MR) is 83.6 cm³/mol. The van der Waals surface area contributed by atoms with E-state index in [4.69, 9.17) is 6.42 Å². The largest absolute Gasteiger partial charge is 0.381 e. The number of aryl methyl sites for hydroxylation is 1. The predicted octanol–water partition coefficient (Wildman–Crippen LogP) is 3.31. The summed E-state index contributed by atoms with van der Waals surface area (Å²) in [6.07, 6.45) is 7.49. The summed E-state index contributed by atoms with van der Waals surface area (Å²) >= 11 is 0. The third-order valence-electron chi connectivity index (χ3n) is 3.13. The Bertz CT molecular complexity index is 639. The van der Waals surface area contributed by atoms with E-state index in [0.717, 1.165) is 23.5 Å². The number of aromatic nitrogens is 2. The molecule has 0 saturated carbocycles. The summed E-state index contributed by atoms with van der Waals surface area (Å²) in [5, 5.41) is 7.98. The van der Waals surface area contributed by atoms with Gasteiger partial charge in [-0.1, -0.05) is 32.8 Å². The van der Waals surface area contributed by atoms with Crippen molar-refractivity contribution in [3.05, 3.63) is 47.3 Å². The van der Waals surface area contributed by atoms with Gasteiger partial charge in [-0.15, -0.1) is 6.42 Å². The number of terminal acetylenes is 1. The average Bonchev–Trinajstić information content (AvgIpc) is 2.78. The zero-order valence-electron chi connectivity index (χ0n) is 12.6. The normalized spacial score (nSPS) is 11.2. The zero-order chi connectivity index (χ0) is 14.8. The number of hydrogen-bond donors (Lipinski definition) is 1. The van der Waals surface area contributed by atoms with E-state index in [-0.39, 0.29) is 5.41 Å². The molecule has 3 nitrogen and oxygen atoms in total. The number of anilines is 1. The molecule has 0 saturated heterocycles. The number of benzene rings is 1. The first-order valence-corrected chi connectivity index (χ1v) is 6.73. The molecule has 20 heavy (non-hydrogen) atoms. The Kier molecular flexibility index (Phi) is 3.85. The van der Waals surface area contributed by atoms with Gasteiger partial charge < -0.3 is 5.32 Å². The van der Waals surface area contributed by atoms with Gasteiger partial charge in [0.25, 0.3) is 0 Å². The number of rotatable bonds is 3. The van der Waals surface area contributed by atoms with Crippen LogP contribution in [0.25, 0.3) is 0 Å². The fraction of sp³-hybridized carbons (Fsp3) is 0.353. The van der Waals surface area contributed by atoms with Crippen molar-refractivity contribution < 1.29 is 0 Å². The molecule has 0 aliphatic heterocycles. The first-order chi connectivity index (χ1) is 9.40. The van der Waals surface area contributed by atoms with E-state index in [9.17, 15) is 0 Å². The lowest BCUT2D eigenvalue weighted by Crippen LogP contribution is -2.16. The van der Waals surface area contributed by atoms with E-state index in [1.54, 1.807) is 0 Å². The molecule has 0 unspecified atom stereocenters. The van der Waals surface area contributed by atoms with Crippen LogP contribution in [0.5, 0.6) is 0 Å². The van der Waals surface area contributed by atoms with Crippen LogP contribution in [0.3, 0.4) is 0 Å². The third kappa shape index (κ3) is 3.21. The third-order valence-corrected chi connectivity index (χ3v) is 3.13. The molecule has 1 N–H and O–H groups in total. The molecule has 1 heterocycles. The maximum Gasteiger partial charge on any atom is 0.0727 e. The highest BCUT2D eigenvalue weighted by atomic mass is 15.3. The van der Waals surface area contributed by atoms with Crippen LogP contribution in [0.2, 0.25) is 0 Å². The molecule has 104 valence electrons. The molecule has 0 atom stereocenters. The van der Waals surface area contributed by atoms with Crippen molar-refractivity contribution in [2.75, 3.05) is 5.32 Å². The van der Waals surface area contributed by atoms with Crippen molar-refractivity contribution in [1.82, 2.24) is 9.78 Å². The van der Waals surface area contributed by atoms with E-state index in [2.05, 4.69) is 43.3 Å². The minimum atomic E-state index is 0.0406. The second-order valence-corrected chi connectivity index (χ2v) is 6.01. The lowest BCUT2D eigenvalue weighted by atomic mass is 9.89. The Morgan fingerprint density at radius 1 is 1.35 bits per heavy atom. The summed E-state index contributed by atoms with van der Waals surface area (Å²) < 4.78 is 1.87. The SMILES string of the molecule is C#Cc1cccc(NCc2cn(C)nc2C(C)(C)C)c1. The van der Waals surface area contributed by atoms with E-state index in [1.165, 1.54) is 5.56 Å². The van der Waals surface area contributed by atoms with Gasteiger partial charge in [-0.3, -0.25) is 4.68 Å². The van der Waals surface area contributed by atoms with Gasteiger partial charge in [0.2, 0.25) is 0 Å². The van der Waals surface area contributed by atoms with Crippen molar-refractivity contribution in [2.45, 2.75) is 32.7 Å². The van der Waals surface area contributed by atoms with Crippen LogP contribution in [-0.4, -0.2) is 9.78 Å². The van der Waals surface area contributed by atoms with Crippen LogP contribution in [0.1, 0.15) is 37.6 Å². The lowest BCUT2D eigenvalue weighted by Gasteiger charge is -2.18. The quantitative estimate of drug-likeness (QED) is 0.865. The topological polar surface area (TPSA) is 29.9 Å². The van der Waals surface area contributed by atoms with E-state index in [1.807, 2.05) is 36.0 Å². The molecule has 1 aromatic heterocycles. The van der Waals surface area contributed by atoms with Gasteiger partial charge in [-0.25, -0.2) is 0 Å². The molecule has 0 fully saturated rings. The number of hydrogen-bond acceptors (Lipinski definition) is 2. The van der Waals surface area contributed by atoms with Crippen molar-refractivity contribution in [3.63, 3.8) is 0 Å². The first-order valence-electron chi connectivity index (χ1n) is 6.73. The zero-order valence-corrected chi connectivity index (χ0v) is 12.6. The molecule has 0 bridgehead atoms. The molecule has 0 aliphatic carbocycles. The Morgan fingerprint density at radius 3 is 2.75 bits per heavy atom. The van der Waals surface area contributed by atoms with Gasteiger partial charge in [-0.05, 0) is 18.2 Å². The fourth-order valence-corrected chi connectivity index (χ4v) is 2.21. The highest BCUT2D eigenvalue weighted by molar-refractivity contribution is 5.50. The molecule has 0 amide bonds. The molecule has 0 spiro atoms. The summed E-state index contributed by atoms with van der Waals surface area (Å²) in [6, 6.07) is 7.89. The Labute approximate surface area is 121 Å². The van der Waals surface area contributed by atoms with Crippen molar-refractivity contribution in [1.29, 1.82) is 0 Å². The molecular weight excluding hydrogens is 246 g/mol. The lowest BCUT2D eigenvalue weighted by molar-refractivity contribution is 0.549. The Morgan fingerprint density at radius 2 is 2.10 bits per heavy atom.